The van der Waals surface area contributed by atoms with Crippen molar-refractivity contribution < 1.29 is 13.9 Å². The lowest BCUT2D eigenvalue weighted by atomic mass is 9.78. The summed E-state index contributed by atoms with van der Waals surface area (Å²) in [5.74, 6) is 1.47. The summed E-state index contributed by atoms with van der Waals surface area (Å²) in [7, 11) is 0. The van der Waals surface area contributed by atoms with E-state index in [1.54, 1.807) is 6.07 Å². The van der Waals surface area contributed by atoms with E-state index in [0.29, 0.717) is 29.9 Å². The van der Waals surface area contributed by atoms with Gasteiger partial charge in [-0.3, -0.25) is 0 Å². The molecule has 3 atom stereocenters. The average Bonchev–Trinajstić information content (AvgIpc) is 2.71. The van der Waals surface area contributed by atoms with Crippen LogP contribution in [0.1, 0.15) is 44.6 Å². The fourth-order valence-corrected chi connectivity index (χ4v) is 3.20. The molecule has 1 fully saturated rings. The van der Waals surface area contributed by atoms with E-state index < -0.39 is 0 Å². The molecule has 1 aliphatic carbocycles. The van der Waals surface area contributed by atoms with Crippen molar-refractivity contribution in [2.45, 2.75) is 45.1 Å². The second kappa shape index (κ2) is 4.45. The van der Waals surface area contributed by atoms with Gasteiger partial charge in [-0.25, -0.2) is 0 Å². The molecule has 98 valence electrons. The Morgan fingerprint density at radius 3 is 3.00 bits per heavy atom. The maximum Gasteiger partial charge on any atom is 0.207 e. The Morgan fingerprint density at radius 1 is 1.39 bits per heavy atom. The van der Waals surface area contributed by atoms with Crippen molar-refractivity contribution in [3.05, 3.63) is 23.5 Å². The maximum absolute atomic E-state index is 14.2. The Kier molecular flexibility index (Phi) is 2.92. The lowest BCUT2D eigenvalue weighted by Crippen LogP contribution is -2.26. The van der Waals surface area contributed by atoms with Crippen molar-refractivity contribution in [2.75, 3.05) is 6.61 Å². The van der Waals surface area contributed by atoms with Gasteiger partial charge in [0.25, 0.3) is 0 Å². The van der Waals surface area contributed by atoms with Crippen molar-refractivity contribution in [3.63, 3.8) is 0 Å². The molecule has 0 aromatic heterocycles. The summed E-state index contributed by atoms with van der Waals surface area (Å²) >= 11 is 0. The van der Waals surface area contributed by atoms with Gasteiger partial charge in [0.2, 0.25) is 5.82 Å². The molecule has 3 rings (SSSR count). The van der Waals surface area contributed by atoms with Crippen molar-refractivity contribution in [1.29, 1.82) is 0 Å². The molecule has 1 aliphatic heterocycles. The second-order valence-corrected chi connectivity index (χ2v) is 5.41. The molecule has 0 radical (unpaired) electrons. The third-order valence-electron chi connectivity index (χ3n) is 4.11. The normalized spacial score (nSPS) is 29.4. The van der Waals surface area contributed by atoms with Gasteiger partial charge in [-0.2, -0.15) is 4.39 Å². The van der Waals surface area contributed by atoms with Gasteiger partial charge in [0, 0.05) is 11.5 Å². The molecule has 0 amide bonds. The van der Waals surface area contributed by atoms with Crippen LogP contribution in [0.15, 0.2) is 12.1 Å². The first-order valence-electron chi connectivity index (χ1n) is 6.82. The van der Waals surface area contributed by atoms with Crippen LogP contribution >= 0.6 is 0 Å². The van der Waals surface area contributed by atoms with Gasteiger partial charge in [0.1, 0.15) is 6.10 Å². The predicted octanol–water partition coefficient (Wildman–Crippen LogP) is 3.89. The SMILES string of the molecule is CCOc1ccc2c(c1F)O[C@@H]1C[C@H](C)CC[C@@H]21. The zero-order chi connectivity index (χ0) is 12.7. The molecular formula is C15H19FO2. The molecular weight excluding hydrogens is 231 g/mol. The van der Waals surface area contributed by atoms with Crippen LogP contribution in [0.5, 0.6) is 11.5 Å². The first-order chi connectivity index (χ1) is 8.70. The molecule has 0 saturated heterocycles. The van der Waals surface area contributed by atoms with E-state index in [1.807, 2.05) is 13.0 Å². The molecule has 0 unspecified atom stereocenters. The molecule has 1 saturated carbocycles. The quantitative estimate of drug-likeness (QED) is 0.792. The number of fused-ring (bicyclic) bond motifs is 3. The molecule has 1 aromatic rings. The van der Waals surface area contributed by atoms with E-state index in [0.717, 1.165) is 18.4 Å². The van der Waals surface area contributed by atoms with E-state index in [1.165, 1.54) is 6.42 Å². The Bertz CT molecular complexity index is 458. The molecule has 0 N–H and O–H groups in total. The van der Waals surface area contributed by atoms with Crippen LogP contribution in [0.2, 0.25) is 0 Å². The largest absolute Gasteiger partial charge is 0.491 e. The maximum atomic E-state index is 14.2. The van der Waals surface area contributed by atoms with Gasteiger partial charge in [-0.05, 0) is 38.2 Å². The average molecular weight is 250 g/mol. The molecule has 2 nitrogen and oxygen atoms in total. The smallest absolute Gasteiger partial charge is 0.207 e. The topological polar surface area (TPSA) is 18.5 Å². The number of hydrogen-bond acceptors (Lipinski definition) is 2. The lowest BCUT2D eigenvalue weighted by molar-refractivity contribution is 0.131. The fourth-order valence-electron chi connectivity index (χ4n) is 3.20. The first-order valence-corrected chi connectivity index (χ1v) is 6.82. The van der Waals surface area contributed by atoms with Crippen LogP contribution in [0.25, 0.3) is 0 Å². The summed E-state index contributed by atoms with van der Waals surface area (Å²) in [5.41, 5.74) is 1.04. The highest BCUT2D eigenvalue weighted by molar-refractivity contribution is 5.48. The van der Waals surface area contributed by atoms with Gasteiger partial charge in [0.15, 0.2) is 11.5 Å². The Hall–Kier alpha value is -1.25. The van der Waals surface area contributed by atoms with Gasteiger partial charge in [0.05, 0.1) is 6.61 Å². The van der Waals surface area contributed by atoms with Gasteiger partial charge in [-0.1, -0.05) is 13.0 Å². The van der Waals surface area contributed by atoms with Crippen LogP contribution in [0.4, 0.5) is 4.39 Å². The van der Waals surface area contributed by atoms with Crippen LogP contribution in [0.3, 0.4) is 0 Å². The summed E-state index contributed by atoms with van der Waals surface area (Å²) in [4.78, 5) is 0. The van der Waals surface area contributed by atoms with E-state index >= 15 is 0 Å². The van der Waals surface area contributed by atoms with Gasteiger partial charge < -0.3 is 9.47 Å². The molecule has 1 aromatic carbocycles. The monoisotopic (exact) mass is 250 g/mol. The zero-order valence-electron chi connectivity index (χ0n) is 10.9. The second-order valence-electron chi connectivity index (χ2n) is 5.41. The van der Waals surface area contributed by atoms with Crippen molar-refractivity contribution in [3.8, 4) is 11.5 Å². The van der Waals surface area contributed by atoms with Crippen LogP contribution in [-0.4, -0.2) is 12.7 Å². The minimum Gasteiger partial charge on any atom is -0.491 e. The fraction of sp³-hybridized carbons (Fsp3) is 0.600. The highest BCUT2D eigenvalue weighted by atomic mass is 19.1. The van der Waals surface area contributed by atoms with Crippen molar-refractivity contribution >= 4 is 0 Å². The predicted molar refractivity (Wildman–Crippen MR) is 67.7 cm³/mol. The van der Waals surface area contributed by atoms with E-state index in [4.69, 9.17) is 9.47 Å². The minimum atomic E-state index is -0.323. The van der Waals surface area contributed by atoms with Gasteiger partial charge >= 0.3 is 0 Å². The Morgan fingerprint density at radius 2 is 2.22 bits per heavy atom. The molecule has 0 bridgehead atoms. The van der Waals surface area contributed by atoms with Crippen molar-refractivity contribution in [1.82, 2.24) is 0 Å². The summed E-state index contributed by atoms with van der Waals surface area (Å²) in [6, 6.07) is 3.71. The van der Waals surface area contributed by atoms with Gasteiger partial charge in [-0.15, -0.1) is 0 Å². The molecule has 0 spiro atoms. The summed E-state index contributed by atoms with van der Waals surface area (Å²) in [6.45, 7) is 4.57. The number of hydrogen-bond donors (Lipinski definition) is 0. The van der Waals surface area contributed by atoms with Crippen LogP contribution in [0, 0.1) is 11.7 Å². The molecule has 1 heterocycles. The standard InChI is InChI=1S/C15H19FO2/c1-3-17-12-7-6-11-10-5-4-9(2)8-13(10)18-15(11)14(12)16/h6-7,9-10,13H,3-5,8H2,1-2H3/t9-,10+,13-/m1/s1. The summed E-state index contributed by atoms with van der Waals surface area (Å²) in [5, 5.41) is 0. The first kappa shape index (κ1) is 11.8. The molecule has 2 aliphatic rings. The minimum absolute atomic E-state index is 0.162. The van der Waals surface area contributed by atoms with E-state index in [-0.39, 0.29) is 11.9 Å². The van der Waals surface area contributed by atoms with Crippen LogP contribution < -0.4 is 9.47 Å². The summed E-state index contributed by atoms with van der Waals surface area (Å²) < 4.78 is 25.4. The number of ether oxygens (including phenoxy) is 2. The third kappa shape index (κ3) is 1.76. The van der Waals surface area contributed by atoms with Crippen LogP contribution in [-0.2, 0) is 0 Å². The molecule has 3 heteroatoms. The molecule has 18 heavy (non-hydrogen) atoms. The Labute approximate surface area is 107 Å². The van der Waals surface area contributed by atoms with E-state index in [2.05, 4.69) is 6.92 Å². The van der Waals surface area contributed by atoms with Crippen molar-refractivity contribution in [2.24, 2.45) is 5.92 Å². The van der Waals surface area contributed by atoms with E-state index in [9.17, 15) is 4.39 Å². The summed E-state index contributed by atoms with van der Waals surface area (Å²) in [6.07, 6.45) is 3.50. The number of benzene rings is 1. The lowest BCUT2D eigenvalue weighted by Gasteiger charge is -2.28. The highest BCUT2D eigenvalue weighted by Gasteiger charge is 2.40. The Balaban J connectivity index is 1.94. The highest BCUT2D eigenvalue weighted by Crippen LogP contribution is 2.49. The number of halogens is 1. The number of rotatable bonds is 2. The third-order valence-corrected chi connectivity index (χ3v) is 4.11. The zero-order valence-corrected chi connectivity index (χ0v) is 10.9.